The van der Waals surface area contributed by atoms with E-state index < -0.39 is 36.6 Å². The lowest BCUT2D eigenvalue weighted by molar-refractivity contribution is -0.275. The van der Waals surface area contributed by atoms with Gasteiger partial charge in [0.1, 0.15) is 49.0 Å². The molecule has 0 bridgehead atoms. The van der Waals surface area contributed by atoms with Gasteiger partial charge in [-0.1, -0.05) is 176 Å². The maximum atomic E-state index is 12.2. The molecular formula is C57H56O7. The first-order chi connectivity index (χ1) is 31.6. The van der Waals surface area contributed by atoms with E-state index in [0.717, 1.165) is 62.9 Å². The molecule has 1 fully saturated rings. The third-order valence-corrected chi connectivity index (χ3v) is 12.4. The molecule has 1 saturated heterocycles. The molecule has 1 aliphatic carbocycles. The monoisotopic (exact) mass is 852 g/mol. The fourth-order valence-corrected chi connectivity index (χ4v) is 8.82. The van der Waals surface area contributed by atoms with Crippen molar-refractivity contribution < 1.29 is 33.5 Å². The van der Waals surface area contributed by atoms with Crippen LogP contribution < -0.4 is 4.74 Å². The van der Waals surface area contributed by atoms with Crippen molar-refractivity contribution in [1.29, 1.82) is 0 Å². The first kappa shape index (κ1) is 43.4. The lowest BCUT2D eigenvalue weighted by atomic mass is 9.83. The molecule has 1 N–H and O–H groups in total. The minimum absolute atomic E-state index is 0.220. The second kappa shape index (κ2) is 21.2. The maximum absolute atomic E-state index is 12.2. The van der Waals surface area contributed by atoms with E-state index in [2.05, 4.69) is 79.7 Å². The first-order valence-corrected chi connectivity index (χ1v) is 22.4. The van der Waals surface area contributed by atoms with Crippen LogP contribution in [0.25, 0.3) is 0 Å². The Balaban J connectivity index is 1.16. The van der Waals surface area contributed by atoms with Crippen LogP contribution in [-0.2, 0) is 69.6 Å². The van der Waals surface area contributed by atoms with E-state index in [1.54, 1.807) is 0 Å². The van der Waals surface area contributed by atoms with Gasteiger partial charge in [0.15, 0.2) is 0 Å². The summed E-state index contributed by atoms with van der Waals surface area (Å²) in [5.74, 6) is 0.641. The Kier molecular flexibility index (Phi) is 14.4. The molecule has 0 radical (unpaired) electrons. The lowest BCUT2D eigenvalue weighted by Gasteiger charge is -2.47. The summed E-state index contributed by atoms with van der Waals surface area (Å²) in [4.78, 5) is 0. The van der Waals surface area contributed by atoms with Gasteiger partial charge in [0.2, 0.25) is 0 Å². The van der Waals surface area contributed by atoms with E-state index in [4.69, 9.17) is 28.4 Å². The van der Waals surface area contributed by atoms with Crippen molar-refractivity contribution in [3.8, 4) is 5.75 Å². The van der Waals surface area contributed by atoms with Crippen molar-refractivity contribution in [2.24, 2.45) is 0 Å². The van der Waals surface area contributed by atoms with E-state index in [1.165, 1.54) is 11.1 Å². The molecule has 9 rings (SSSR count). The topological polar surface area (TPSA) is 75.6 Å². The zero-order chi connectivity index (χ0) is 43.5. The van der Waals surface area contributed by atoms with Gasteiger partial charge in [0, 0.05) is 5.56 Å². The minimum Gasteiger partial charge on any atom is -0.489 e. The maximum Gasteiger partial charge on any atom is 0.126 e. The number of rotatable bonds is 19. The predicted molar refractivity (Wildman–Crippen MR) is 249 cm³/mol. The molecule has 6 atom stereocenters. The highest BCUT2D eigenvalue weighted by Crippen LogP contribution is 2.45. The molecule has 7 aromatic rings. The van der Waals surface area contributed by atoms with Crippen molar-refractivity contribution in [3.05, 3.63) is 243 Å². The van der Waals surface area contributed by atoms with E-state index >= 15 is 0 Å². The van der Waals surface area contributed by atoms with Crippen molar-refractivity contribution in [1.82, 2.24) is 0 Å². The number of aliphatic hydroxyl groups is 1. The van der Waals surface area contributed by atoms with Gasteiger partial charge in [-0.25, -0.2) is 0 Å². The first-order valence-electron chi connectivity index (χ1n) is 22.4. The molecule has 7 aromatic carbocycles. The van der Waals surface area contributed by atoms with Gasteiger partial charge >= 0.3 is 0 Å². The average molecular weight is 853 g/mol. The molecule has 1 unspecified atom stereocenters. The summed E-state index contributed by atoms with van der Waals surface area (Å²) >= 11 is 0. The molecule has 2 aliphatic rings. The van der Waals surface area contributed by atoms with E-state index in [9.17, 15) is 5.11 Å². The normalized spacial score (nSPS) is 19.6. The Labute approximate surface area is 377 Å². The number of ether oxygens (including phenoxy) is 6. The summed E-state index contributed by atoms with van der Waals surface area (Å²) < 4.78 is 42.0. The fourth-order valence-electron chi connectivity index (χ4n) is 8.82. The summed E-state index contributed by atoms with van der Waals surface area (Å²) in [7, 11) is 0. The predicted octanol–water partition coefficient (Wildman–Crippen LogP) is 11.2. The van der Waals surface area contributed by atoms with E-state index in [1.807, 2.05) is 109 Å². The number of aryl methyl sites for hydroxylation is 2. The van der Waals surface area contributed by atoms with Crippen LogP contribution in [0.3, 0.4) is 0 Å². The smallest absolute Gasteiger partial charge is 0.126 e. The third-order valence-electron chi connectivity index (χ3n) is 12.4. The lowest BCUT2D eigenvalue weighted by Crippen LogP contribution is -2.58. The van der Waals surface area contributed by atoms with Crippen molar-refractivity contribution >= 4 is 0 Å². The summed E-state index contributed by atoms with van der Waals surface area (Å²) in [6.07, 6.45) is -2.06. The summed E-state index contributed by atoms with van der Waals surface area (Å²) in [6.45, 7) is 3.96. The van der Waals surface area contributed by atoms with Crippen LogP contribution in [0.1, 0.15) is 73.4 Å². The molecule has 326 valence electrons. The second-order valence-electron chi connectivity index (χ2n) is 16.8. The number of benzene rings is 7. The van der Waals surface area contributed by atoms with Crippen LogP contribution in [0.2, 0.25) is 0 Å². The molecule has 1 heterocycles. The number of aliphatic hydroxyl groups excluding tert-OH is 1. The van der Waals surface area contributed by atoms with Gasteiger partial charge < -0.3 is 33.5 Å². The van der Waals surface area contributed by atoms with Crippen LogP contribution in [0, 0.1) is 6.92 Å². The molecule has 0 amide bonds. The van der Waals surface area contributed by atoms with Crippen molar-refractivity contribution in [2.45, 2.75) is 89.4 Å². The average Bonchev–Trinajstić information content (AvgIpc) is 3.33. The van der Waals surface area contributed by atoms with Gasteiger partial charge in [-0.3, -0.25) is 0 Å². The highest BCUT2D eigenvalue weighted by atomic mass is 16.6. The molecule has 7 heteroatoms. The Bertz CT molecular complexity index is 2520. The van der Waals surface area contributed by atoms with Crippen LogP contribution in [0.4, 0.5) is 0 Å². The van der Waals surface area contributed by atoms with E-state index in [-0.39, 0.29) is 6.61 Å². The summed E-state index contributed by atoms with van der Waals surface area (Å²) in [5, 5.41) is 12.2. The number of hydrogen-bond acceptors (Lipinski definition) is 7. The molecule has 0 spiro atoms. The Morgan fingerprint density at radius 3 is 1.52 bits per heavy atom. The summed E-state index contributed by atoms with van der Waals surface area (Å²) in [6, 6.07) is 61.1. The fraction of sp³-hybridized carbons (Fsp3) is 0.263. The van der Waals surface area contributed by atoms with Crippen molar-refractivity contribution in [2.75, 3.05) is 6.61 Å². The molecule has 0 aromatic heterocycles. The Morgan fingerprint density at radius 2 is 1.00 bits per heavy atom. The molecular weight excluding hydrogens is 797 g/mol. The number of hydrogen-bond donors (Lipinski definition) is 1. The van der Waals surface area contributed by atoms with Gasteiger partial charge in [-0.05, 0) is 81.5 Å². The van der Waals surface area contributed by atoms with Crippen LogP contribution in [0.5, 0.6) is 5.75 Å². The van der Waals surface area contributed by atoms with Crippen molar-refractivity contribution in [3.63, 3.8) is 0 Å². The molecule has 64 heavy (non-hydrogen) atoms. The Hall–Kier alpha value is -5.90. The quantitative estimate of drug-likeness (QED) is 0.0868. The summed E-state index contributed by atoms with van der Waals surface area (Å²) in [5.41, 5.74) is 11.1. The largest absolute Gasteiger partial charge is 0.489 e. The van der Waals surface area contributed by atoms with Gasteiger partial charge in [-0.2, -0.15) is 0 Å². The third kappa shape index (κ3) is 10.5. The standard InChI is InChI=1S/C57H56O7/c1-40-49(53(58)48-30-28-46-27-29-47(46)33-48)31-32-50(60-35-42-19-9-3-10-20-42)52(40)55-57(63-38-45-25-15-6-16-26-45)56(62-37-44-23-13-5-14-24-44)54(61-36-43-21-11-4-12-22-43)51(64-55)39-59-34-41-17-7-2-8-18-41/h2-26,28,30-33,51,53-58H,27,29,34-39H2,1H3/t51-,53?,54-,55+,56+,57+/m1/s1. The highest BCUT2D eigenvalue weighted by molar-refractivity contribution is 5.51. The van der Waals surface area contributed by atoms with Crippen LogP contribution in [0.15, 0.2) is 182 Å². The molecule has 0 saturated carbocycles. The zero-order valence-corrected chi connectivity index (χ0v) is 36.3. The molecule has 1 aliphatic heterocycles. The Morgan fingerprint density at radius 1 is 0.516 bits per heavy atom. The second-order valence-corrected chi connectivity index (χ2v) is 16.8. The van der Waals surface area contributed by atoms with Gasteiger partial charge in [0.05, 0.1) is 33.0 Å². The van der Waals surface area contributed by atoms with E-state index in [0.29, 0.717) is 38.8 Å². The highest BCUT2D eigenvalue weighted by Gasteiger charge is 2.50. The van der Waals surface area contributed by atoms with Crippen LogP contribution in [-0.4, -0.2) is 36.1 Å². The SMILES string of the molecule is Cc1c(C(O)c2ccc3c(c2)CC3)ccc(OCc2ccccc2)c1[C@@H]1O[C@H](COCc2ccccc2)[C@@H](OCc2ccccc2)[C@H](OCc2ccccc2)[C@H]1OCc1ccccc1. The minimum atomic E-state index is -0.878. The van der Waals surface area contributed by atoms with Gasteiger partial charge in [0.25, 0.3) is 0 Å². The molecule has 7 nitrogen and oxygen atoms in total. The van der Waals surface area contributed by atoms with Gasteiger partial charge in [-0.15, -0.1) is 0 Å². The zero-order valence-electron chi connectivity index (χ0n) is 36.3. The number of fused-ring (bicyclic) bond motifs is 1. The van der Waals surface area contributed by atoms with Crippen LogP contribution >= 0.6 is 0 Å².